The van der Waals surface area contributed by atoms with Crippen LogP contribution in [-0.4, -0.2) is 42.8 Å². The molecule has 1 fully saturated rings. The Kier molecular flexibility index (Phi) is 6.01. The molecule has 0 radical (unpaired) electrons. The highest BCUT2D eigenvalue weighted by Crippen LogP contribution is 2.40. The molecular weight excluding hydrogens is 342 g/mol. The first-order valence-corrected chi connectivity index (χ1v) is 9.32. The van der Waals surface area contributed by atoms with E-state index in [2.05, 4.69) is 29.2 Å². The monoisotopic (exact) mass is 369 g/mol. The SMILES string of the molecule is COc1ccc(OC)c(C(c2ccc(C)cc2)N2CCCCC2C(=O)O)c1. The third kappa shape index (κ3) is 4.08. The second-order valence-electron chi connectivity index (χ2n) is 7.01. The maximum Gasteiger partial charge on any atom is 0.320 e. The fraction of sp³-hybridized carbons (Fsp3) is 0.409. The molecule has 2 aromatic rings. The number of piperidine rings is 1. The molecular formula is C22H27NO4. The van der Waals surface area contributed by atoms with E-state index in [1.54, 1.807) is 14.2 Å². The van der Waals surface area contributed by atoms with E-state index in [1.165, 1.54) is 5.56 Å². The number of aliphatic carboxylic acids is 1. The number of carbonyl (C=O) groups is 1. The molecule has 27 heavy (non-hydrogen) atoms. The molecule has 0 spiro atoms. The molecule has 1 saturated heterocycles. The predicted molar refractivity (Wildman–Crippen MR) is 105 cm³/mol. The molecule has 0 aromatic heterocycles. The summed E-state index contributed by atoms with van der Waals surface area (Å²) in [4.78, 5) is 14.1. The Morgan fingerprint density at radius 2 is 1.85 bits per heavy atom. The molecule has 0 bridgehead atoms. The van der Waals surface area contributed by atoms with Gasteiger partial charge in [0.25, 0.3) is 0 Å². The molecule has 5 nitrogen and oxygen atoms in total. The smallest absolute Gasteiger partial charge is 0.320 e. The Labute approximate surface area is 160 Å². The van der Waals surface area contributed by atoms with Crippen LogP contribution in [0.1, 0.15) is 42.0 Å². The van der Waals surface area contributed by atoms with Crippen LogP contribution in [0.4, 0.5) is 0 Å². The fourth-order valence-corrected chi connectivity index (χ4v) is 3.88. The zero-order valence-electron chi connectivity index (χ0n) is 16.1. The Bertz CT molecular complexity index is 787. The van der Waals surface area contributed by atoms with Gasteiger partial charge in [0.05, 0.1) is 20.3 Å². The summed E-state index contributed by atoms with van der Waals surface area (Å²) >= 11 is 0. The molecule has 1 N–H and O–H groups in total. The van der Waals surface area contributed by atoms with E-state index in [1.807, 2.05) is 25.1 Å². The number of ether oxygens (including phenoxy) is 2. The maximum atomic E-state index is 12.0. The number of carboxylic acids is 1. The zero-order valence-corrected chi connectivity index (χ0v) is 16.1. The van der Waals surface area contributed by atoms with Gasteiger partial charge in [-0.2, -0.15) is 0 Å². The molecule has 0 amide bonds. The van der Waals surface area contributed by atoms with Gasteiger partial charge in [-0.15, -0.1) is 0 Å². The average molecular weight is 369 g/mol. The summed E-state index contributed by atoms with van der Waals surface area (Å²) in [6, 6.07) is 13.3. The van der Waals surface area contributed by atoms with Crippen LogP contribution in [0.5, 0.6) is 11.5 Å². The second kappa shape index (κ2) is 8.44. The predicted octanol–water partition coefficient (Wildman–Crippen LogP) is 4.04. The molecule has 1 aliphatic heterocycles. The minimum Gasteiger partial charge on any atom is -0.497 e. The quantitative estimate of drug-likeness (QED) is 0.833. The van der Waals surface area contributed by atoms with Gasteiger partial charge in [0.15, 0.2) is 0 Å². The van der Waals surface area contributed by atoms with Gasteiger partial charge in [-0.3, -0.25) is 9.69 Å². The van der Waals surface area contributed by atoms with Gasteiger partial charge in [0, 0.05) is 5.56 Å². The third-order valence-electron chi connectivity index (χ3n) is 5.29. The number of likely N-dealkylation sites (tertiary alicyclic amines) is 1. The van der Waals surface area contributed by atoms with Crippen molar-refractivity contribution in [2.45, 2.75) is 38.3 Å². The van der Waals surface area contributed by atoms with Crippen molar-refractivity contribution in [3.8, 4) is 11.5 Å². The van der Waals surface area contributed by atoms with Gasteiger partial charge >= 0.3 is 5.97 Å². The Morgan fingerprint density at radius 1 is 1.11 bits per heavy atom. The number of hydrogen-bond donors (Lipinski definition) is 1. The van der Waals surface area contributed by atoms with E-state index in [4.69, 9.17) is 9.47 Å². The van der Waals surface area contributed by atoms with Gasteiger partial charge < -0.3 is 14.6 Å². The molecule has 3 rings (SSSR count). The highest BCUT2D eigenvalue weighted by Gasteiger charge is 2.36. The van der Waals surface area contributed by atoms with Gasteiger partial charge in [0.2, 0.25) is 0 Å². The van der Waals surface area contributed by atoms with Crippen molar-refractivity contribution in [2.24, 2.45) is 0 Å². The van der Waals surface area contributed by atoms with Gasteiger partial charge in [-0.05, 0) is 50.1 Å². The first kappa shape index (κ1) is 19.2. The normalized spacial score (nSPS) is 18.7. The molecule has 144 valence electrons. The van der Waals surface area contributed by atoms with E-state index in [0.29, 0.717) is 6.42 Å². The summed E-state index contributed by atoms with van der Waals surface area (Å²) in [5.41, 5.74) is 3.15. The summed E-state index contributed by atoms with van der Waals surface area (Å²) in [5, 5.41) is 9.83. The van der Waals surface area contributed by atoms with Crippen LogP contribution < -0.4 is 9.47 Å². The van der Waals surface area contributed by atoms with Crippen molar-refractivity contribution in [3.05, 3.63) is 59.2 Å². The summed E-state index contributed by atoms with van der Waals surface area (Å²) in [6.45, 7) is 2.78. The third-order valence-corrected chi connectivity index (χ3v) is 5.29. The van der Waals surface area contributed by atoms with Crippen molar-refractivity contribution in [3.63, 3.8) is 0 Å². The van der Waals surface area contributed by atoms with Gasteiger partial charge in [-0.1, -0.05) is 36.2 Å². The molecule has 1 aliphatic rings. The Hall–Kier alpha value is -2.53. The van der Waals surface area contributed by atoms with Crippen LogP contribution in [0, 0.1) is 6.92 Å². The molecule has 2 atom stereocenters. The molecule has 0 saturated carbocycles. The largest absolute Gasteiger partial charge is 0.497 e. The molecule has 5 heteroatoms. The van der Waals surface area contributed by atoms with E-state index >= 15 is 0 Å². The van der Waals surface area contributed by atoms with Gasteiger partial charge in [0.1, 0.15) is 17.5 Å². The molecule has 1 heterocycles. The summed E-state index contributed by atoms with van der Waals surface area (Å²) < 4.78 is 11.1. The molecule has 2 aromatic carbocycles. The lowest BCUT2D eigenvalue weighted by molar-refractivity contribution is -0.145. The van der Waals surface area contributed by atoms with E-state index in [0.717, 1.165) is 42.0 Å². The van der Waals surface area contributed by atoms with E-state index in [9.17, 15) is 9.90 Å². The second-order valence-corrected chi connectivity index (χ2v) is 7.01. The van der Waals surface area contributed by atoms with Crippen molar-refractivity contribution in [1.29, 1.82) is 0 Å². The van der Waals surface area contributed by atoms with Crippen LogP contribution >= 0.6 is 0 Å². The number of hydrogen-bond acceptors (Lipinski definition) is 4. The van der Waals surface area contributed by atoms with Crippen molar-refractivity contribution < 1.29 is 19.4 Å². The standard InChI is InChI=1S/C22H27NO4/c1-15-7-9-16(10-8-15)21(23-13-5-4-6-19(23)22(24)25)18-14-17(26-2)11-12-20(18)27-3/h7-12,14,19,21H,4-6,13H2,1-3H3,(H,24,25). The van der Waals surface area contributed by atoms with E-state index < -0.39 is 12.0 Å². The fourth-order valence-electron chi connectivity index (χ4n) is 3.88. The van der Waals surface area contributed by atoms with Gasteiger partial charge in [-0.25, -0.2) is 0 Å². The number of aryl methyl sites for hydroxylation is 1. The minimum atomic E-state index is -0.770. The summed E-state index contributed by atoms with van der Waals surface area (Å²) in [7, 11) is 3.27. The minimum absolute atomic E-state index is 0.211. The van der Waals surface area contributed by atoms with Crippen LogP contribution in [0.25, 0.3) is 0 Å². The number of methoxy groups -OCH3 is 2. The number of rotatable bonds is 6. The van der Waals surface area contributed by atoms with Crippen molar-refractivity contribution in [1.82, 2.24) is 4.90 Å². The lowest BCUT2D eigenvalue weighted by Gasteiger charge is -2.40. The number of carboxylic acid groups (broad SMARTS) is 1. The van der Waals surface area contributed by atoms with Crippen LogP contribution in [0.2, 0.25) is 0 Å². The first-order chi connectivity index (χ1) is 13.0. The lowest BCUT2D eigenvalue weighted by atomic mass is 9.90. The Balaban J connectivity index is 2.16. The van der Waals surface area contributed by atoms with Crippen LogP contribution in [0.3, 0.4) is 0 Å². The molecule has 2 unspecified atom stereocenters. The van der Waals surface area contributed by atoms with Crippen LogP contribution in [-0.2, 0) is 4.79 Å². The number of benzene rings is 2. The average Bonchev–Trinajstić information content (AvgIpc) is 2.69. The molecule has 0 aliphatic carbocycles. The highest BCUT2D eigenvalue weighted by molar-refractivity contribution is 5.74. The summed E-state index contributed by atoms with van der Waals surface area (Å²) in [5.74, 6) is 0.691. The summed E-state index contributed by atoms with van der Waals surface area (Å²) in [6.07, 6.45) is 2.58. The zero-order chi connectivity index (χ0) is 19.4. The highest BCUT2D eigenvalue weighted by atomic mass is 16.5. The Morgan fingerprint density at radius 3 is 2.48 bits per heavy atom. The first-order valence-electron chi connectivity index (χ1n) is 9.32. The lowest BCUT2D eigenvalue weighted by Crippen LogP contribution is -2.46. The van der Waals surface area contributed by atoms with Crippen molar-refractivity contribution >= 4 is 5.97 Å². The topological polar surface area (TPSA) is 59.0 Å². The van der Waals surface area contributed by atoms with E-state index in [-0.39, 0.29) is 6.04 Å². The van der Waals surface area contributed by atoms with Crippen molar-refractivity contribution in [2.75, 3.05) is 20.8 Å². The number of nitrogens with zero attached hydrogens (tertiary/aromatic N) is 1. The van der Waals surface area contributed by atoms with Crippen LogP contribution in [0.15, 0.2) is 42.5 Å². The maximum absolute atomic E-state index is 12.0.